The first-order chi connectivity index (χ1) is 12.9. The monoisotopic (exact) mass is 400 g/mol. The van der Waals surface area contributed by atoms with E-state index in [4.69, 9.17) is 11.6 Å². The van der Waals surface area contributed by atoms with Crippen molar-refractivity contribution in [2.45, 2.75) is 20.4 Å². The molecule has 0 aliphatic rings. The van der Waals surface area contributed by atoms with Crippen LogP contribution < -0.4 is 0 Å². The molecule has 0 fully saturated rings. The molecule has 7 heteroatoms. The number of carboxylic acids is 1. The number of halogens is 1. The van der Waals surface area contributed by atoms with Crippen LogP contribution >= 0.6 is 22.9 Å². The minimum absolute atomic E-state index is 0.0760. The Hall–Kier alpha value is -2.70. The average Bonchev–Trinajstić information content (AvgIpc) is 3.24. The molecule has 2 heterocycles. The van der Waals surface area contributed by atoms with Gasteiger partial charge in [-0.25, -0.2) is 9.78 Å². The predicted molar refractivity (Wildman–Crippen MR) is 107 cm³/mol. The summed E-state index contributed by atoms with van der Waals surface area (Å²) in [6, 6.07) is 6.74. The van der Waals surface area contributed by atoms with Crippen molar-refractivity contribution < 1.29 is 14.7 Å². The number of hydrogen-bond donors (Lipinski definition) is 1. The maximum Gasteiger partial charge on any atom is 0.336 e. The number of allylic oxidation sites excluding steroid dienone is 1. The van der Waals surface area contributed by atoms with Gasteiger partial charge in [0.2, 0.25) is 5.78 Å². The van der Waals surface area contributed by atoms with Gasteiger partial charge in [-0.05, 0) is 49.2 Å². The van der Waals surface area contributed by atoms with E-state index >= 15 is 0 Å². The Morgan fingerprint density at radius 2 is 2.11 bits per heavy atom. The SMILES string of the molecule is Cc1ncc(C(=O)c2cccn2C/C=C/c2c(C)cc(Cl)cc2C(=O)O)s1. The third-order valence-electron chi connectivity index (χ3n) is 4.08. The van der Waals surface area contributed by atoms with E-state index in [1.54, 1.807) is 24.4 Å². The van der Waals surface area contributed by atoms with Gasteiger partial charge in [-0.1, -0.05) is 23.8 Å². The van der Waals surface area contributed by atoms with Crippen LogP contribution in [0.3, 0.4) is 0 Å². The molecule has 2 aromatic heterocycles. The van der Waals surface area contributed by atoms with Gasteiger partial charge in [0.25, 0.3) is 0 Å². The molecule has 0 bridgehead atoms. The molecule has 0 saturated carbocycles. The fraction of sp³-hybridized carbons (Fsp3) is 0.150. The van der Waals surface area contributed by atoms with Crippen LogP contribution in [0.25, 0.3) is 6.08 Å². The van der Waals surface area contributed by atoms with Crippen LogP contribution in [-0.4, -0.2) is 26.4 Å². The summed E-state index contributed by atoms with van der Waals surface area (Å²) in [4.78, 5) is 28.8. The minimum Gasteiger partial charge on any atom is -0.478 e. The number of aromatic carboxylic acids is 1. The lowest BCUT2D eigenvalue weighted by atomic mass is 10.0. The highest BCUT2D eigenvalue weighted by molar-refractivity contribution is 7.13. The minimum atomic E-state index is -1.03. The van der Waals surface area contributed by atoms with Crippen LogP contribution in [0, 0.1) is 13.8 Å². The standard InChI is InChI=1S/C20H17ClN2O3S/c1-12-9-14(21)10-16(20(25)26)15(12)5-3-7-23-8-4-6-17(23)19(24)18-11-22-13(2)27-18/h3-6,8-11H,7H2,1-2H3,(H,25,26)/b5-3+. The van der Waals surface area contributed by atoms with Crippen molar-refractivity contribution in [2.24, 2.45) is 0 Å². The number of carbonyl (C=O) groups excluding carboxylic acids is 1. The van der Waals surface area contributed by atoms with Crippen LogP contribution in [0.5, 0.6) is 0 Å². The highest BCUT2D eigenvalue weighted by atomic mass is 35.5. The summed E-state index contributed by atoms with van der Waals surface area (Å²) in [5, 5.41) is 10.6. The molecule has 5 nitrogen and oxygen atoms in total. The molecule has 3 rings (SSSR count). The quantitative estimate of drug-likeness (QED) is 0.600. The summed E-state index contributed by atoms with van der Waals surface area (Å²) in [5.41, 5.74) is 2.10. The van der Waals surface area contributed by atoms with E-state index in [2.05, 4.69) is 4.98 Å². The predicted octanol–water partition coefficient (Wildman–Crippen LogP) is 4.86. The fourth-order valence-corrected chi connectivity index (χ4v) is 3.81. The molecule has 1 N–H and O–H groups in total. The second-order valence-corrected chi connectivity index (χ2v) is 7.68. The Kier molecular flexibility index (Phi) is 5.58. The zero-order valence-corrected chi connectivity index (χ0v) is 16.3. The maximum atomic E-state index is 12.6. The van der Waals surface area contributed by atoms with Crippen molar-refractivity contribution in [1.29, 1.82) is 0 Å². The van der Waals surface area contributed by atoms with Crippen molar-refractivity contribution >= 4 is 40.8 Å². The molecule has 0 unspecified atom stereocenters. The topological polar surface area (TPSA) is 72.2 Å². The van der Waals surface area contributed by atoms with E-state index in [0.29, 0.717) is 27.7 Å². The van der Waals surface area contributed by atoms with Gasteiger partial charge in [0, 0.05) is 24.0 Å². The van der Waals surface area contributed by atoms with Crippen LogP contribution in [0.4, 0.5) is 0 Å². The van der Waals surface area contributed by atoms with Gasteiger partial charge in [-0.3, -0.25) is 4.79 Å². The lowest BCUT2D eigenvalue weighted by molar-refractivity contribution is 0.0696. The molecule has 0 aliphatic carbocycles. The Morgan fingerprint density at radius 3 is 2.78 bits per heavy atom. The van der Waals surface area contributed by atoms with Crippen molar-refractivity contribution in [1.82, 2.24) is 9.55 Å². The summed E-state index contributed by atoms with van der Waals surface area (Å²) < 4.78 is 1.82. The van der Waals surface area contributed by atoms with Crippen LogP contribution in [0.15, 0.2) is 42.7 Å². The Labute approximate surface area is 165 Å². The first kappa shape index (κ1) is 19.1. The van der Waals surface area contributed by atoms with E-state index in [9.17, 15) is 14.7 Å². The third-order valence-corrected chi connectivity index (χ3v) is 5.21. The van der Waals surface area contributed by atoms with Crippen molar-refractivity contribution in [3.63, 3.8) is 0 Å². The van der Waals surface area contributed by atoms with Crippen LogP contribution in [0.2, 0.25) is 5.02 Å². The Bertz CT molecular complexity index is 1050. The van der Waals surface area contributed by atoms with E-state index in [1.165, 1.54) is 17.4 Å². The van der Waals surface area contributed by atoms with Crippen molar-refractivity contribution in [3.05, 3.63) is 80.0 Å². The second-order valence-electron chi connectivity index (χ2n) is 6.01. The molecule has 27 heavy (non-hydrogen) atoms. The number of hydrogen-bond acceptors (Lipinski definition) is 4. The molecule has 0 aliphatic heterocycles. The molecule has 0 atom stereocenters. The average molecular weight is 401 g/mol. The summed E-state index contributed by atoms with van der Waals surface area (Å²) in [5.74, 6) is -1.11. The number of ketones is 1. The summed E-state index contributed by atoms with van der Waals surface area (Å²) >= 11 is 7.33. The van der Waals surface area contributed by atoms with E-state index in [0.717, 1.165) is 10.6 Å². The molecule has 0 spiro atoms. The molecular weight excluding hydrogens is 384 g/mol. The number of aryl methyl sites for hydroxylation is 2. The van der Waals surface area contributed by atoms with Gasteiger partial charge in [0.1, 0.15) is 0 Å². The molecule has 3 aromatic rings. The zero-order chi connectivity index (χ0) is 19.6. The van der Waals surface area contributed by atoms with Gasteiger partial charge >= 0.3 is 5.97 Å². The fourth-order valence-electron chi connectivity index (χ4n) is 2.81. The first-order valence-corrected chi connectivity index (χ1v) is 9.38. The highest BCUT2D eigenvalue weighted by Gasteiger charge is 2.15. The lowest BCUT2D eigenvalue weighted by Crippen LogP contribution is -2.08. The number of thiazole rings is 1. The third kappa shape index (κ3) is 4.18. The molecule has 0 amide bonds. The first-order valence-electron chi connectivity index (χ1n) is 8.19. The number of benzene rings is 1. The van der Waals surface area contributed by atoms with E-state index < -0.39 is 5.97 Å². The van der Waals surface area contributed by atoms with Gasteiger partial charge in [-0.15, -0.1) is 11.3 Å². The van der Waals surface area contributed by atoms with E-state index in [-0.39, 0.29) is 11.3 Å². The van der Waals surface area contributed by atoms with Crippen molar-refractivity contribution in [2.75, 3.05) is 0 Å². The van der Waals surface area contributed by atoms with Gasteiger partial charge in [0.15, 0.2) is 0 Å². The summed E-state index contributed by atoms with van der Waals surface area (Å²) in [6.07, 6.45) is 6.99. The molecule has 138 valence electrons. The summed E-state index contributed by atoms with van der Waals surface area (Å²) in [6.45, 7) is 4.11. The number of nitrogens with zero attached hydrogens (tertiary/aromatic N) is 2. The normalized spacial score (nSPS) is 11.2. The molecule has 0 saturated heterocycles. The summed E-state index contributed by atoms with van der Waals surface area (Å²) in [7, 11) is 0. The Morgan fingerprint density at radius 1 is 1.33 bits per heavy atom. The second kappa shape index (κ2) is 7.90. The highest BCUT2D eigenvalue weighted by Crippen LogP contribution is 2.23. The van der Waals surface area contributed by atoms with E-state index in [1.807, 2.05) is 36.8 Å². The van der Waals surface area contributed by atoms with Gasteiger partial charge in [0.05, 0.1) is 21.1 Å². The molecular formula is C20H17ClN2O3S. The van der Waals surface area contributed by atoms with Crippen LogP contribution in [-0.2, 0) is 6.54 Å². The number of aromatic nitrogens is 2. The molecule has 0 radical (unpaired) electrons. The maximum absolute atomic E-state index is 12.6. The zero-order valence-electron chi connectivity index (χ0n) is 14.8. The number of carboxylic acid groups (broad SMARTS) is 1. The number of carbonyl (C=O) groups is 2. The Balaban J connectivity index is 1.84. The smallest absolute Gasteiger partial charge is 0.336 e. The van der Waals surface area contributed by atoms with Gasteiger partial charge in [-0.2, -0.15) is 0 Å². The lowest BCUT2D eigenvalue weighted by Gasteiger charge is -2.08. The number of rotatable bonds is 6. The molecule has 1 aromatic carbocycles. The van der Waals surface area contributed by atoms with Gasteiger partial charge < -0.3 is 9.67 Å². The largest absolute Gasteiger partial charge is 0.478 e. The van der Waals surface area contributed by atoms with Crippen LogP contribution in [0.1, 0.15) is 41.9 Å². The van der Waals surface area contributed by atoms with Crippen molar-refractivity contribution in [3.8, 4) is 0 Å².